The lowest BCUT2D eigenvalue weighted by molar-refractivity contribution is -0.144. The Morgan fingerprint density at radius 3 is 2.19 bits per heavy atom. The Kier molecular flexibility index (Phi) is 4.57. The number of amides is 1. The minimum atomic E-state index is -0.461. The van der Waals surface area contributed by atoms with Crippen molar-refractivity contribution in [2.45, 2.75) is 13.8 Å². The largest absolute Gasteiger partial charge is 0.465 e. The van der Waals surface area contributed by atoms with Gasteiger partial charge in [0.1, 0.15) is 0 Å². The van der Waals surface area contributed by atoms with Gasteiger partial charge in [0.15, 0.2) is 0 Å². The maximum Gasteiger partial charge on any atom is 0.417 e. The SMILES string of the molecule is CCOC(=O)C1C=CN(C(=O)OCC)C=C1. The van der Waals surface area contributed by atoms with Crippen LogP contribution < -0.4 is 0 Å². The van der Waals surface area contributed by atoms with E-state index in [2.05, 4.69) is 0 Å². The van der Waals surface area contributed by atoms with Crippen molar-refractivity contribution in [3.05, 3.63) is 24.6 Å². The molecule has 0 aromatic heterocycles. The monoisotopic (exact) mass is 225 g/mol. The lowest BCUT2D eigenvalue weighted by Crippen LogP contribution is -2.25. The normalized spacial score (nSPS) is 15.0. The number of hydrogen-bond donors (Lipinski definition) is 0. The van der Waals surface area contributed by atoms with Gasteiger partial charge in [-0.05, 0) is 26.0 Å². The molecule has 5 nitrogen and oxygen atoms in total. The van der Waals surface area contributed by atoms with Crippen LogP contribution in [0.2, 0.25) is 0 Å². The molecule has 0 saturated carbocycles. The van der Waals surface area contributed by atoms with E-state index in [0.717, 1.165) is 0 Å². The summed E-state index contributed by atoms with van der Waals surface area (Å²) in [4.78, 5) is 23.9. The molecule has 5 heteroatoms. The molecular formula is C11H15NO4. The second-order valence-electron chi connectivity index (χ2n) is 3.07. The lowest BCUT2D eigenvalue weighted by Gasteiger charge is -2.18. The van der Waals surface area contributed by atoms with E-state index in [1.165, 1.54) is 17.3 Å². The van der Waals surface area contributed by atoms with Gasteiger partial charge >= 0.3 is 12.1 Å². The van der Waals surface area contributed by atoms with Gasteiger partial charge < -0.3 is 9.47 Å². The Balaban J connectivity index is 2.52. The van der Waals surface area contributed by atoms with Gasteiger partial charge in [-0.15, -0.1) is 0 Å². The van der Waals surface area contributed by atoms with Gasteiger partial charge in [0.05, 0.1) is 19.1 Å². The fourth-order valence-corrected chi connectivity index (χ4v) is 1.20. The Bertz CT molecular complexity index is 278. The van der Waals surface area contributed by atoms with E-state index in [0.29, 0.717) is 13.2 Å². The van der Waals surface area contributed by atoms with Gasteiger partial charge in [-0.2, -0.15) is 0 Å². The molecule has 1 aliphatic heterocycles. The highest BCUT2D eigenvalue weighted by Gasteiger charge is 2.19. The molecule has 0 aliphatic carbocycles. The van der Waals surface area contributed by atoms with Gasteiger partial charge in [-0.3, -0.25) is 9.69 Å². The van der Waals surface area contributed by atoms with E-state index in [1.807, 2.05) is 0 Å². The second-order valence-corrected chi connectivity index (χ2v) is 3.07. The maximum absolute atomic E-state index is 11.3. The molecule has 0 unspecified atom stereocenters. The second kappa shape index (κ2) is 5.95. The zero-order valence-corrected chi connectivity index (χ0v) is 9.38. The molecule has 88 valence electrons. The molecular weight excluding hydrogens is 210 g/mol. The van der Waals surface area contributed by atoms with Gasteiger partial charge in [-0.25, -0.2) is 4.79 Å². The Morgan fingerprint density at radius 1 is 1.12 bits per heavy atom. The first-order valence-corrected chi connectivity index (χ1v) is 5.17. The van der Waals surface area contributed by atoms with Crippen molar-refractivity contribution in [1.29, 1.82) is 0 Å². The van der Waals surface area contributed by atoms with Crippen LogP contribution in [0.4, 0.5) is 4.79 Å². The van der Waals surface area contributed by atoms with Crippen molar-refractivity contribution in [1.82, 2.24) is 4.90 Å². The van der Waals surface area contributed by atoms with E-state index < -0.39 is 12.0 Å². The molecule has 0 saturated heterocycles. The average molecular weight is 225 g/mol. The minimum absolute atomic E-state index is 0.318. The summed E-state index contributed by atoms with van der Waals surface area (Å²) >= 11 is 0. The van der Waals surface area contributed by atoms with E-state index in [-0.39, 0.29) is 5.97 Å². The average Bonchev–Trinajstić information content (AvgIpc) is 2.30. The van der Waals surface area contributed by atoms with Crippen molar-refractivity contribution < 1.29 is 19.1 Å². The van der Waals surface area contributed by atoms with Crippen LogP contribution in [0.15, 0.2) is 24.6 Å². The predicted molar refractivity (Wildman–Crippen MR) is 57.3 cm³/mol. The van der Waals surface area contributed by atoms with Crippen LogP contribution in [-0.2, 0) is 14.3 Å². The molecule has 0 aromatic carbocycles. The van der Waals surface area contributed by atoms with E-state index in [4.69, 9.17) is 9.47 Å². The predicted octanol–water partition coefficient (Wildman–Crippen LogP) is 1.67. The van der Waals surface area contributed by atoms with E-state index in [9.17, 15) is 9.59 Å². The molecule has 0 atom stereocenters. The number of ether oxygens (including phenoxy) is 2. The zero-order valence-electron chi connectivity index (χ0n) is 9.38. The molecule has 0 aromatic rings. The molecule has 0 fully saturated rings. The van der Waals surface area contributed by atoms with Crippen molar-refractivity contribution in [2.75, 3.05) is 13.2 Å². The van der Waals surface area contributed by atoms with Crippen LogP contribution in [0, 0.1) is 5.92 Å². The van der Waals surface area contributed by atoms with Gasteiger partial charge in [0, 0.05) is 12.4 Å². The van der Waals surface area contributed by atoms with Crippen molar-refractivity contribution >= 4 is 12.1 Å². The maximum atomic E-state index is 11.3. The third kappa shape index (κ3) is 3.12. The van der Waals surface area contributed by atoms with Crippen molar-refractivity contribution in [3.8, 4) is 0 Å². The highest BCUT2D eigenvalue weighted by atomic mass is 16.6. The molecule has 0 bridgehead atoms. The summed E-state index contributed by atoms with van der Waals surface area (Å²) in [7, 11) is 0. The summed E-state index contributed by atoms with van der Waals surface area (Å²) in [5.41, 5.74) is 0. The summed E-state index contributed by atoms with van der Waals surface area (Å²) in [5.74, 6) is -0.746. The molecule has 1 amide bonds. The number of nitrogens with zero attached hydrogens (tertiary/aromatic N) is 1. The van der Waals surface area contributed by atoms with Crippen LogP contribution >= 0.6 is 0 Å². The number of carbonyl (C=O) groups is 2. The Hall–Kier alpha value is -1.78. The molecule has 16 heavy (non-hydrogen) atoms. The summed E-state index contributed by atoms with van der Waals surface area (Å²) in [6, 6.07) is 0. The van der Waals surface area contributed by atoms with Gasteiger partial charge in [0.2, 0.25) is 0 Å². The van der Waals surface area contributed by atoms with Crippen LogP contribution in [0.3, 0.4) is 0 Å². The zero-order chi connectivity index (χ0) is 12.0. The standard InChI is InChI=1S/C11H15NO4/c1-3-15-10(13)9-5-7-12(8-6-9)11(14)16-4-2/h5-9H,3-4H2,1-2H3. The fourth-order valence-electron chi connectivity index (χ4n) is 1.20. The van der Waals surface area contributed by atoms with E-state index >= 15 is 0 Å². The molecule has 0 spiro atoms. The van der Waals surface area contributed by atoms with E-state index in [1.54, 1.807) is 26.0 Å². The minimum Gasteiger partial charge on any atom is -0.465 e. The first-order valence-electron chi connectivity index (χ1n) is 5.17. The first kappa shape index (κ1) is 12.3. The molecule has 1 rings (SSSR count). The highest BCUT2D eigenvalue weighted by molar-refractivity contribution is 5.78. The molecule has 0 radical (unpaired) electrons. The number of esters is 1. The fraction of sp³-hybridized carbons (Fsp3) is 0.455. The van der Waals surface area contributed by atoms with Gasteiger partial charge in [0.25, 0.3) is 0 Å². The smallest absolute Gasteiger partial charge is 0.417 e. The summed E-state index contributed by atoms with van der Waals surface area (Å²) < 4.78 is 9.64. The topological polar surface area (TPSA) is 55.8 Å². The van der Waals surface area contributed by atoms with Crippen molar-refractivity contribution in [3.63, 3.8) is 0 Å². The summed E-state index contributed by atoms with van der Waals surface area (Å²) in [6.45, 7) is 4.15. The quantitative estimate of drug-likeness (QED) is 0.685. The summed E-state index contributed by atoms with van der Waals surface area (Å²) in [6.07, 6.45) is 5.72. The number of hydrogen-bond acceptors (Lipinski definition) is 4. The van der Waals surface area contributed by atoms with Crippen LogP contribution in [0.5, 0.6) is 0 Å². The highest BCUT2D eigenvalue weighted by Crippen LogP contribution is 2.13. The number of carbonyl (C=O) groups excluding carboxylic acids is 2. The van der Waals surface area contributed by atoms with Crippen LogP contribution in [-0.4, -0.2) is 30.2 Å². The Morgan fingerprint density at radius 2 is 1.69 bits per heavy atom. The van der Waals surface area contributed by atoms with Crippen molar-refractivity contribution in [2.24, 2.45) is 5.92 Å². The molecule has 1 aliphatic rings. The third-order valence-corrected chi connectivity index (χ3v) is 1.95. The molecule has 1 heterocycles. The summed E-state index contributed by atoms with van der Waals surface area (Å²) in [5, 5.41) is 0. The van der Waals surface area contributed by atoms with Crippen LogP contribution in [0.25, 0.3) is 0 Å². The third-order valence-electron chi connectivity index (χ3n) is 1.95. The van der Waals surface area contributed by atoms with Crippen LogP contribution in [0.1, 0.15) is 13.8 Å². The number of rotatable bonds is 3. The first-order chi connectivity index (χ1) is 7.69. The lowest BCUT2D eigenvalue weighted by atomic mass is 10.1. The molecule has 0 N–H and O–H groups in total. The Labute approximate surface area is 94.3 Å². The van der Waals surface area contributed by atoms with Gasteiger partial charge in [-0.1, -0.05) is 0 Å².